The van der Waals surface area contributed by atoms with Gasteiger partial charge in [-0.3, -0.25) is 14.9 Å². The van der Waals surface area contributed by atoms with Crippen LogP contribution in [-0.4, -0.2) is 23.0 Å². The van der Waals surface area contributed by atoms with Crippen LogP contribution in [0.4, 0.5) is 11.4 Å². The second-order valence-electron chi connectivity index (χ2n) is 7.23. The highest BCUT2D eigenvalue weighted by Crippen LogP contribution is 2.36. The average molecular weight is 363 g/mol. The molecule has 1 aliphatic heterocycles. The third-order valence-electron chi connectivity index (χ3n) is 5.29. The lowest BCUT2D eigenvalue weighted by Crippen LogP contribution is -2.34. The molecule has 1 N–H and O–H groups in total. The van der Waals surface area contributed by atoms with Crippen molar-refractivity contribution >= 4 is 22.1 Å². The molecule has 1 atom stereocenters. The van der Waals surface area contributed by atoms with Crippen molar-refractivity contribution in [2.75, 3.05) is 18.0 Å². The third kappa shape index (κ3) is 3.18. The van der Waals surface area contributed by atoms with Gasteiger partial charge in [0.1, 0.15) is 5.69 Å². The highest BCUT2D eigenvalue weighted by Gasteiger charge is 2.24. The zero-order chi connectivity index (χ0) is 19.0. The van der Waals surface area contributed by atoms with E-state index in [1.54, 1.807) is 18.3 Å². The van der Waals surface area contributed by atoms with Crippen LogP contribution in [0.2, 0.25) is 0 Å². The fourth-order valence-corrected chi connectivity index (χ4v) is 3.96. The number of aromatic nitrogens is 1. The first kappa shape index (κ1) is 17.3. The minimum Gasteiger partial charge on any atom is -0.366 e. The second-order valence-corrected chi connectivity index (χ2v) is 7.23. The van der Waals surface area contributed by atoms with Crippen molar-refractivity contribution in [2.24, 2.45) is 5.92 Å². The Morgan fingerprint density at radius 2 is 1.96 bits per heavy atom. The molecule has 1 aromatic heterocycles. The van der Waals surface area contributed by atoms with Crippen LogP contribution in [0.25, 0.3) is 21.9 Å². The predicted molar refractivity (Wildman–Crippen MR) is 107 cm³/mol. The van der Waals surface area contributed by atoms with Crippen molar-refractivity contribution in [3.05, 3.63) is 69.1 Å². The molecular weight excluding hydrogens is 342 g/mol. The van der Waals surface area contributed by atoms with Crippen LogP contribution < -0.4 is 10.5 Å². The Morgan fingerprint density at radius 1 is 1.19 bits per heavy atom. The molecule has 2 aromatic carbocycles. The van der Waals surface area contributed by atoms with Gasteiger partial charge in [0.05, 0.1) is 4.92 Å². The van der Waals surface area contributed by atoms with Gasteiger partial charge in [0.2, 0.25) is 0 Å². The van der Waals surface area contributed by atoms with Gasteiger partial charge in [0.25, 0.3) is 11.2 Å². The molecule has 2 heterocycles. The molecule has 6 nitrogen and oxygen atoms in total. The molecule has 27 heavy (non-hydrogen) atoms. The highest BCUT2D eigenvalue weighted by atomic mass is 16.6. The SMILES string of the molecule is CC1CCCN(c2ccc(-c3c[nH]c(=O)c4ccccc34)cc2[N+](=O)[O-])C1. The minimum absolute atomic E-state index is 0.108. The summed E-state index contributed by atoms with van der Waals surface area (Å²) in [5.41, 5.74) is 2.12. The van der Waals surface area contributed by atoms with Gasteiger partial charge in [0, 0.05) is 36.3 Å². The van der Waals surface area contributed by atoms with Gasteiger partial charge in [-0.25, -0.2) is 0 Å². The number of pyridine rings is 1. The van der Waals surface area contributed by atoms with Gasteiger partial charge in [0.15, 0.2) is 0 Å². The summed E-state index contributed by atoms with van der Waals surface area (Å²) in [6, 6.07) is 12.7. The van der Waals surface area contributed by atoms with Crippen molar-refractivity contribution < 1.29 is 4.92 Å². The third-order valence-corrected chi connectivity index (χ3v) is 5.29. The van der Waals surface area contributed by atoms with Crippen molar-refractivity contribution in [3.63, 3.8) is 0 Å². The molecule has 0 radical (unpaired) electrons. The normalized spacial score (nSPS) is 17.2. The number of anilines is 1. The second kappa shape index (κ2) is 6.87. The van der Waals surface area contributed by atoms with E-state index in [1.807, 2.05) is 30.3 Å². The van der Waals surface area contributed by atoms with E-state index in [0.717, 1.165) is 42.4 Å². The first-order valence-electron chi connectivity index (χ1n) is 9.19. The number of nitrogens with one attached hydrogen (secondary N) is 1. The number of aromatic amines is 1. The van der Waals surface area contributed by atoms with Gasteiger partial charge in [-0.15, -0.1) is 0 Å². The van der Waals surface area contributed by atoms with Gasteiger partial charge in [-0.2, -0.15) is 0 Å². The molecule has 4 rings (SSSR count). The number of nitrogens with zero attached hydrogens (tertiary/aromatic N) is 2. The first-order valence-corrected chi connectivity index (χ1v) is 9.19. The van der Waals surface area contributed by atoms with E-state index in [4.69, 9.17) is 0 Å². The van der Waals surface area contributed by atoms with Gasteiger partial charge >= 0.3 is 0 Å². The standard InChI is InChI=1S/C21H21N3O3/c1-14-5-4-10-23(13-14)19-9-8-15(11-20(19)24(26)27)18-12-22-21(25)17-7-3-2-6-16(17)18/h2-3,6-9,11-12,14H,4-5,10,13H2,1H3,(H,22,25). The molecule has 1 unspecified atom stereocenters. The molecular formula is C21H21N3O3. The molecule has 3 aromatic rings. The van der Waals surface area contributed by atoms with Gasteiger partial charge < -0.3 is 9.88 Å². The molecule has 138 valence electrons. The number of rotatable bonds is 3. The summed E-state index contributed by atoms with van der Waals surface area (Å²) in [6.45, 7) is 3.85. The average Bonchev–Trinajstić information content (AvgIpc) is 2.68. The Morgan fingerprint density at radius 3 is 2.70 bits per heavy atom. The van der Waals surface area contributed by atoms with E-state index < -0.39 is 0 Å². The summed E-state index contributed by atoms with van der Waals surface area (Å²) in [4.78, 5) is 28.4. The van der Waals surface area contributed by atoms with Crippen LogP contribution in [0.5, 0.6) is 0 Å². The maximum absolute atomic E-state index is 12.1. The lowest BCUT2D eigenvalue weighted by Gasteiger charge is -2.32. The zero-order valence-corrected chi connectivity index (χ0v) is 15.1. The predicted octanol–water partition coefficient (Wildman–Crippen LogP) is 4.34. The molecule has 0 spiro atoms. The van der Waals surface area contributed by atoms with E-state index in [1.165, 1.54) is 0 Å². The lowest BCUT2D eigenvalue weighted by molar-refractivity contribution is -0.384. The fourth-order valence-electron chi connectivity index (χ4n) is 3.96. The van der Waals surface area contributed by atoms with E-state index in [9.17, 15) is 14.9 Å². The number of fused-ring (bicyclic) bond motifs is 1. The number of hydrogen-bond donors (Lipinski definition) is 1. The van der Waals surface area contributed by atoms with Crippen LogP contribution in [0.1, 0.15) is 19.8 Å². The van der Waals surface area contributed by atoms with Crippen LogP contribution in [0, 0.1) is 16.0 Å². The summed E-state index contributed by atoms with van der Waals surface area (Å²) in [5.74, 6) is 0.529. The van der Waals surface area contributed by atoms with Gasteiger partial charge in [-0.05, 0) is 41.8 Å². The van der Waals surface area contributed by atoms with Gasteiger partial charge in [-0.1, -0.05) is 31.2 Å². The van der Waals surface area contributed by atoms with Crippen molar-refractivity contribution in [1.82, 2.24) is 4.98 Å². The highest BCUT2D eigenvalue weighted by molar-refractivity contribution is 5.96. The topological polar surface area (TPSA) is 79.2 Å². The van der Waals surface area contributed by atoms with Crippen LogP contribution in [0.15, 0.2) is 53.5 Å². The molecule has 1 fully saturated rings. The number of nitro benzene ring substituents is 1. The van der Waals surface area contributed by atoms with Crippen LogP contribution in [0.3, 0.4) is 0 Å². The number of benzene rings is 2. The van der Waals surface area contributed by atoms with E-state index in [0.29, 0.717) is 17.0 Å². The number of piperidine rings is 1. The Hall–Kier alpha value is -3.15. The molecule has 6 heteroatoms. The smallest absolute Gasteiger partial charge is 0.293 e. The monoisotopic (exact) mass is 363 g/mol. The lowest BCUT2D eigenvalue weighted by atomic mass is 9.97. The van der Waals surface area contributed by atoms with Crippen molar-refractivity contribution in [3.8, 4) is 11.1 Å². The summed E-state index contributed by atoms with van der Waals surface area (Å²) >= 11 is 0. The Bertz CT molecular complexity index is 1070. The van der Waals surface area contributed by atoms with E-state index in [2.05, 4.69) is 16.8 Å². The Labute approximate surface area is 156 Å². The summed E-state index contributed by atoms with van der Waals surface area (Å²) in [7, 11) is 0. The quantitative estimate of drug-likeness (QED) is 0.554. The minimum atomic E-state index is -0.314. The molecule has 0 bridgehead atoms. The fraction of sp³-hybridized carbons (Fsp3) is 0.286. The molecule has 0 amide bonds. The molecule has 1 saturated heterocycles. The largest absolute Gasteiger partial charge is 0.366 e. The number of hydrogen-bond acceptors (Lipinski definition) is 4. The van der Waals surface area contributed by atoms with Crippen LogP contribution >= 0.6 is 0 Å². The van der Waals surface area contributed by atoms with Crippen molar-refractivity contribution in [1.29, 1.82) is 0 Å². The Kier molecular flexibility index (Phi) is 4.39. The molecule has 1 aliphatic rings. The van der Waals surface area contributed by atoms with E-state index in [-0.39, 0.29) is 16.2 Å². The Balaban J connectivity index is 1.84. The first-order chi connectivity index (χ1) is 13.0. The maximum atomic E-state index is 12.1. The number of H-pyrrole nitrogens is 1. The van der Waals surface area contributed by atoms with Crippen LogP contribution in [-0.2, 0) is 0 Å². The summed E-state index contributed by atoms with van der Waals surface area (Å²) in [6.07, 6.45) is 3.84. The van der Waals surface area contributed by atoms with E-state index >= 15 is 0 Å². The summed E-state index contributed by atoms with van der Waals surface area (Å²) < 4.78 is 0. The summed E-state index contributed by atoms with van der Waals surface area (Å²) in [5, 5.41) is 13.1. The maximum Gasteiger partial charge on any atom is 0.293 e. The molecule has 0 aliphatic carbocycles. The molecule has 0 saturated carbocycles. The van der Waals surface area contributed by atoms with Crippen molar-refractivity contribution in [2.45, 2.75) is 19.8 Å². The zero-order valence-electron chi connectivity index (χ0n) is 15.1. The number of nitro groups is 1.